The van der Waals surface area contributed by atoms with Gasteiger partial charge < -0.3 is 16.0 Å². The fourth-order valence-corrected chi connectivity index (χ4v) is 2.43. The number of benzene rings is 2. The Balaban J connectivity index is 2.02. The first-order valence-electron chi connectivity index (χ1n) is 6.79. The minimum atomic E-state index is -0.649. The molecule has 2 aromatic rings. The van der Waals surface area contributed by atoms with E-state index >= 15 is 0 Å². The first-order valence-corrected chi connectivity index (χ1v) is 6.79. The molecule has 1 heterocycles. The van der Waals surface area contributed by atoms with E-state index in [2.05, 4.69) is 5.32 Å². The molecule has 3 rings (SSSR count). The van der Waals surface area contributed by atoms with Gasteiger partial charge in [0, 0.05) is 6.54 Å². The van der Waals surface area contributed by atoms with Crippen LogP contribution in [0.1, 0.15) is 5.56 Å². The summed E-state index contributed by atoms with van der Waals surface area (Å²) >= 11 is 0. The van der Waals surface area contributed by atoms with Crippen molar-refractivity contribution in [2.45, 2.75) is 12.6 Å². The molecule has 3 N–H and O–H groups in total. The highest BCUT2D eigenvalue weighted by molar-refractivity contribution is 6.01. The topological polar surface area (TPSA) is 58.4 Å². The van der Waals surface area contributed by atoms with Crippen LogP contribution in [-0.4, -0.2) is 18.5 Å². The summed E-state index contributed by atoms with van der Waals surface area (Å²) < 4.78 is 13.6. The number of nitrogens with one attached hydrogen (secondary N) is 1. The molecule has 1 aliphatic heterocycles. The van der Waals surface area contributed by atoms with Gasteiger partial charge in [0.15, 0.2) is 0 Å². The number of hydrogen-bond acceptors (Lipinski definition) is 3. The van der Waals surface area contributed by atoms with Crippen molar-refractivity contribution in [1.29, 1.82) is 0 Å². The van der Waals surface area contributed by atoms with Crippen molar-refractivity contribution in [2.24, 2.45) is 5.73 Å². The number of fused-ring (bicyclic) bond motifs is 1. The lowest BCUT2D eigenvalue weighted by Crippen LogP contribution is -2.45. The van der Waals surface area contributed by atoms with Gasteiger partial charge in [-0.3, -0.25) is 4.79 Å². The van der Waals surface area contributed by atoms with Gasteiger partial charge in [-0.05, 0) is 23.8 Å². The van der Waals surface area contributed by atoms with Crippen LogP contribution in [-0.2, 0) is 11.3 Å². The van der Waals surface area contributed by atoms with Gasteiger partial charge in [0.2, 0.25) is 5.91 Å². The van der Waals surface area contributed by atoms with Gasteiger partial charge in [-0.2, -0.15) is 0 Å². The summed E-state index contributed by atoms with van der Waals surface area (Å²) in [5, 5.41) is 3.09. The highest BCUT2D eigenvalue weighted by atomic mass is 19.1. The van der Waals surface area contributed by atoms with Crippen molar-refractivity contribution in [2.75, 3.05) is 16.8 Å². The van der Waals surface area contributed by atoms with Crippen LogP contribution in [0, 0.1) is 5.82 Å². The Hall–Kier alpha value is -2.40. The molecule has 21 heavy (non-hydrogen) atoms. The van der Waals surface area contributed by atoms with Crippen molar-refractivity contribution in [1.82, 2.24) is 0 Å². The number of rotatable bonds is 2. The molecule has 108 valence electrons. The molecular weight excluding hydrogens is 269 g/mol. The predicted octanol–water partition coefficient (Wildman–Crippen LogP) is 2.11. The number of halogens is 1. The van der Waals surface area contributed by atoms with Crippen molar-refractivity contribution < 1.29 is 9.18 Å². The molecular formula is C16H16FN3O. The molecule has 0 radical (unpaired) electrons. The van der Waals surface area contributed by atoms with Crippen molar-refractivity contribution in [3.8, 4) is 0 Å². The lowest BCUT2D eigenvalue weighted by Gasteiger charge is -2.24. The molecule has 0 fully saturated rings. The van der Waals surface area contributed by atoms with Gasteiger partial charge in [0.1, 0.15) is 11.9 Å². The zero-order chi connectivity index (χ0) is 14.8. The van der Waals surface area contributed by atoms with Crippen molar-refractivity contribution in [3.63, 3.8) is 0 Å². The number of hydrogen-bond donors (Lipinski definition) is 2. The molecule has 0 aliphatic carbocycles. The summed E-state index contributed by atoms with van der Waals surface area (Å²) in [5.74, 6) is -0.590. The van der Waals surface area contributed by atoms with Crippen LogP contribution in [0.3, 0.4) is 0 Å². The Labute approximate surface area is 122 Å². The van der Waals surface area contributed by atoms with E-state index in [4.69, 9.17) is 5.73 Å². The minimum Gasteiger partial charge on any atom is -0.381 e. The van der Waals surface area contributed by atoms with Crippen LogP contribution >= 0.6 is 0 Å². The maximum atomic E-state index is 13.6. The first kappa shape index (κ1) is 13.6. The van der Waals surface area contributed by atoms with Gasteiger partial charge in [-0.1, -0.05) is 30.3 Å². The smallest absolute Gasteiger partial charge is 0.246 e. The van der Waals surface area contributed by atoms with Crippen molar-refractivity contribution in [3.05, 3.63) is 59.9 Å². The molecule has 0 spiro atoms. The summed E-state index contributed by atoms with van der Waals surface area (Å²) in [5.41, 5.74) is 8.10. The lowest BCUT2D eigenvalue weighted by atomic mass is 10.1. The maximum absolute atomic E-state index is 13.6. The van der Waals surface area contributed by atoms with Crippen LogP contribution in [0.5, 0.6) is 0 Å². The highest BCUT2D eigenvalue weighted by Gasteiger charge is 2.28. The number of anilines is 2. The maximum Gasteiger partial charge on any atom is 0.246 e. The highest BCUT2D eigenvalue weighted by Crippen LogP contribution is 2.30. The summed E-state index contributed by atoms with van der Waals surface area (Å²) in [6.07, 6.45) is 0. The molecule has 1 atom stereocenters. The average molecular weight is 285 g/mol. The average Bonchev–Trinajstić information content (AvgIpc) is 2.61. The Morgan fingerprint density at radius 2 is 2.00 bits per heavy atom. The zero-order valence-electron chi connectivity index (χ0n) is 11.4. The minimum absolute atomic E-state index is 0.212. The molecule has 0 saturated heterocycles. The van der Waals surface area contributed by atoms with Gasteiger partial charge in [0.05, 0.1) is 17.9 Å². The van der Waals surface area contributed by atoms with Crippen LogP contribution in [0.15, 0.2) is 48.5 Å². The molecule has 0 aromatic heterocycles. The summed E-state index contributed by atoms with van der Waals surface area (Å²) in [6.45, 7) is 0.703. The Morgan fingerprint density at radius 3 is 2.76 bits per heavy atom. The second-order valence-corrected chi connectivity index (χ2v) is 5.06. The van der Waals surface area contributed by atoms with Crippen molar-refractivity contribution >= 4 is 17.3 Å². The van der Waals surface area contributed by atoms with E-state index in [9.17, 15) is 9.18 Å². The predicted molar refractivity (Wildman–Crippen MR) is 80.5 cm³/mol. The van der Waals surface area contributed by atoms with E-state index in [1.807, 2.05) is 30.3 Å². The third-order valence-corrected chi connectivity index (χ3v) is 3.53. The third kappa shape index (κ3) is 2.73. The molecule has 0 saturated carbocycles. The van der Waals surface area contributed by atoms with Crippen LogP contribution in [0.25, 0.3) is 0 Å². The van der Waals surface area contributed by atoms with E-state index in [1.54, 1.807) is 11.0 Å². The normalized spacial score (nSPS) is 17.9. The van der Waals surface area contributed by atoms with Gasteiger partial charge in [-0.25, -0.2) is 4.39 Å². The molecule has 2 aromatic carbocycles. The van der Waals surface area contributed by atoms with E-state index in [1.165, 1.54) is 12.1 Å². The molecule has 0 bridgehead atoms. The molecule has 4 nitrogen and oxygen atoms in total. The number of carbonyl (C=O) groups excluding carboxylic acids is 1. The Morgan fingerprint density at radius 1 is 1.24 bits per heavy atom. The van der Waals surface area contributed by atoms with Crippen LogP contribution < -0.4 is 16.0 Å². The number of nitrogens with zero attached hydrogens (tertiary/aromatic N) is 1. The molecule has 0 unspecified atom stereocenters. The molecule has 1 amide bonds. The second-order valence-electron chi connectivity index (χ2n) is 5.06. The third-order valence-electron chi connectivity index (χ3n) is 3.53. The molecule has 5 heteroatoms. The standard InChI is InChI=1S/C16H16FN3O/c17-12-6-7-14-15(8-12)20(16(21)13(18)9-19-14)10-11-4-2-1-3-5-11/h1-8,13,19H,9-10,18H2/t13-/m0/s1. The first-order chi connectivity index (χ1) is 10.1. The number of amides is 1. The summed E-state index contributed by atoms with van der Waals surface area (Å²) in [6, 6.07) is 13.3. The Kier molecular flexibility index (Phi) is 3.58. The van der Waals surface area contributed by atoms with E-state index < -0.39 is 6.04 Å². The largest absolute Gasteiger partial charge is 0.381 e. The van der Waals surface area contributed by atoms with E-state index in [0.717, 1.165) is 5.56 Å². The van der Waals surface area contributed by atoms with Gasteiger partial charge in [0.25, 0.3) is 0 Å². The van der Waals surface area contributed by atoms with Gasteiger partial charge >= 0.3 is 0 Å². The fraction of sp³-hybridized carbons (Fsp3) is 0.188. The molecule has 1 aliphatic rings. The van der Waals surface area contributed by atoms with Crippen LogP contribution in [0.2, 0.25) is 0 Å². The number of carbonyl (C=O) groups is 1. The zero-order valence-corrected chi connectivity index (χ0v) is 11.4. The monoisotopic (exact) mass is 285 g/mol. The Bertz CT molecular complexity index is 660. The van der Waals surface area contributed by atoms with E-state index in [0.29, 0.717) is 24.5 Å². The lowest BCUT2D eigenvalue weighted by molar-refractivity contribution is -0.119. The summed E-state index contributed by atoms with van der Waals surface area (Å²) in [7, 11) is 0. The SMILES string of the molecule is N[C@H]1CNc2ccc(F)cc2N(Cc2ccccc2)C1=O. The number of nitrogens with two attached hydrogens (primary N) is 1. The van der Waals surface area contributed by atoms with E-state index in [-0.39, 0.29) is 11.7 Å². The fourth-order valence-electron chi connectivity index (χ4n) is 2.43. The second kappa shape index (κ2) is 5.54. The quantitative estimate of drug-likeness (QED) is 0.888. The summed E-state index contributed by atoms with van der Waals surface area (Å²) in [4.78, 5) is 14.0. The van der Waals surface area contributed by atoms with Crippen LogP contribution in [0.4, 0.5) is 15.8 Å². The van der Waals surface area contributed by atoms with Gasteiger partial charge in [-0.15, -0.1) is 0 Å².